The zero-order valence-corrected chi connectivity index (χ0v) is 12.1. The molecule has 5 heteroatoms. The number of nitrogens with zero attached hydrogens (tertiary/aromatic N) is 2. The fraction of sp³-hybridized carbons (Fsp3) is 0.467. The topological polar surface area (TPSA) is 59.2 Å². The van der Waals surface area contributed by atoms with Crippen LogP contribution >= 0.6 is 0 Å². The van der Waals surface area contributed by atoms with E-state index in [4.69, 9.17) is 4.52 Å². The van der Waals surface area contributed by atoms with Gasteiger partial charge in [0.05, 0.1) is 12.5 Å². The van der Waals surface area contributed by atoms with Crippen molar-refractivity contribution in [3.8, 4) is 11.4 Å². The van der Waals surface area contributed by atoms with E-state index in [1.54, 1.807) is 19.1 Å². The molecule has 2 rings (SSSR count). The molecule has 0 bridgehead atoms. The molecule has 0 aliphatic carbocycles. The molecule has 1 aromatic heterocycles. The van der Waals surface area contributed by atoms with Crippen molar-refractivity contribution in [2.24, 2.45) is 5.41 Å². The SMILES string of the molecule is Cc1ccc(-c2noc(CC(O)C(C)(C)C)n2)cc1F. The third-order valence-electron chi connectivity index (χ3n) is 3.27. The molecule has 1 heterocycles. The Kier molecular flexibility index (Phi) is 3.90. The van der Waals surface area contributed by atoms with Gasteiger partial charge in [-0.15, -0.1) is 0 Å². The van der Waals surface area contributed by atoms with E-state index in [1.165, 1.54) is 6.07 Å². The highest BCUT2D eigenvalue weighted by atomic mass is 19.1. The maximum absolute atomic E-state index is 13.5. The zero-order valence-electron chi connectivity index (χ0n) is 12.1. The molecule has 0 radical (unpaired) electrons. The number of aromatic nitrogens is 2. The number of aryl methyl sites for hydroxylation is 1. The van der Waals surface area contributed by atoms with E-state index in [2.05, 4.69) is 10.1 Å². The van der Waals surface area contributed by atoms with Crippen LogP contribution in [0.5, 0.6) is 0 Å². The second kappa shape index (κ2) is 5.32. The second-order valence-corrected chi connectivity index (χ2v) is 6.06. The van der Waals surface area contributed by atoms with Gasteiger partial charge in [0.1, 0.15) is 5.82 Å². The van der Waals surface area contributed by atoms with Crippen LogP contribution in [-0.2, 0) is 6.42 Å². The minimum absolute atomic E-state index is 0.259. The van der Waals surface area contributed by atoms with Crippen LogP contribution in [0, 0.1) is 18.2 Å². The smallest absolute Gasteiger partial charge is 0.229 e. The number of benzene rings is 1. The Labute approximate surface area is 117 Å². The van der Waals surface area contributed by atoms with E-state index in [0.717, 1.165) is 0 Å². The minimum atomic E-state index is -0.578. The summed E-state index contributed by atoms with van der Waals surface area (Å²) in [4.78, 5) is 4.20. The average molecular weight is 278 g/mol. The Bertz CT molecular complexity index is 602. The number of aliphatic hydroxyl groups is 1. The lowest BCUT2D eigenvalue weighted by atomic mass is 9.87. The summed E-state index contributed by atoms with van der Waals surface area (Å²) in [5, 5.41) is 13.8. The molecule has 0 aliphatic heterocycles. The summed E-state index contributed by atoms with van der Waals surface area (Å²) in [5.41, 5.74) is 0.874. The minimum Gasteiger partial charge on any atom is -0.392 e. The van der Waals surface area contributed by atoms with Crippen molar-refractivity contribution in [1.82, 2.24) is 10.1 Å². The number of rotatable bonds is 3. The van der Waals surface area contributed by atoms with Gasteiger partial charge in [0.25, 0.3) is 0 Å². The number of halogens is 1. The second-order valence-electron chi connectivity index (χ2n) is 6.06. The summed E-state index contributed by atoms with van der Waals surface area (Å²) in [5.74, 6) is 0.381. The van der Waals surface area contributed by atoms with Crippen LogP contribution < -0.4 is 0 Å². The van der Waals surface area contributed by atoms with Gasteiger partial charge in [-0.05, 0) is 24.0 Å². The van der Waals surface area contributed by atoms with E-state index < -0.39 is 6.10 Å². The van der Waals surface area contributed by atoms with Gasteiger partial charge in [-0.1, -0.05) is 38.1 Å². The molecule has 0 aliphatic rings. The molecule has 4 nitrogen and oxygen atoms in total. The predicted molar refractivity (Wildman–Crippen MR) is 73.6 cm³/mol. The Morgan fingerprint density at radius 2 is 2.05 bits per heavy atom. The van der Waals surface area contributed by atoms with Crippen molar-refractivity contribution in [3.63, 3.8) is 0 Å². The first-order valence-corrected chi connectivity index (χ1v) is 6.54. The van der Waals surface area contributed by atoms with Crippen LogP contribution in [0.25, 0.3) is 11.4 Å². The van der Waals surface area contributed by atoms with E-state index in [-0.39, 0.29) is 17.7 Å². The highest BCUT2D eigenvalue weighted by Gasteiger charge is 2.24. The van der Waals surface area contributed by atoms with Crippen LogP contribution in [0.3, 0.4) is 0 Å². The van der Waals surface area contributed by atoms with Gasteiger partial charge in [0, 0.05) is 5.56 Å². The van der Waals surface area contributed by atoms with Crippen molar-refractivity contribution >= 4 is 0 Å². The normalized spacial score (nSPS) is 13.5. The molecule has 108 valence electrons. The summed E-state index contributed by atoms with van der Waals surface area (Å²) in [6.07, 6.45) is -0.296. The predicted octanol–water partition coefficient (Wildman–Crippen LogP) is 3.13. The maximum Gasteiger partial charge on any atom is 0.229 e. The van der Waals surface area contributed by atoms with Gasteiger partial charge >= 0.3 is 0 Å². The van der Waals surface area contributed by atoms with Crippen LogP contribution in [0.2, 0.25) is 0 Å². The summed E-state index contributed by atoms with van der Waals surface area (Å²) in [7, 11) is 0. The zero-order chi connectivity index (χ0) is 14.9. The summed E-state index contributed by atoms with van der Waals surface area (Å²) in [6.45, 7) is 7.50. The third-order valence-corrected chi connectivity index (χ3v) is 3.27. The lowest BCUT2D eigenvalue weighted by molar-refractivity contribution is 0.0565. The Hall–Kier alpha value is -1.75. The van der Waals surface area contributed by atoms with Crippen molar-refractivity contribution < 1.29 is 14.0 Å². The van der Waals surface area contributed by atoms with E-state index >= 15 is 0 Å². The van der Waals surface area contributed by atoms with Crippen LogP contribution in [0.1, 0.15) is 32.2 Å². The quantitative estimate of drug-likeness (QED) is 0.937. The number of aliphatic hydroxyl groups excluding tert-OH is 1. The van der Waals surface area contributed by atoms with Gasteiger partial charge < -0.3 is 9.63 Å². The third kappa shape index (κ3) is 3.22. The molecule has 1 aromatic carbocycles. The molecule has 0 spiro atoms. The molecular weight excluding hydrogens is 259 g/mol. The van der Waals surface area contributed by atoms with Crippen LogP contribution in [-0.4, -0.2) is 21.4 Å². The Balaban J connectivity index is 2.18. The van der Waals surface area contributed by atoms with Crippen molar-refractivity contribution in [1.29, 1.82) is 0 Å². The highest BCUT2D eigenvalue weighted by molar-refractivity contribution is 5.54. The fourth-order valence-corrected chi connectivity index (χ4v) is 1.66. The molecule has 1 unspecified atom stereocenters. The van der Waals surface area contributed by atoms with Gasteiger partial charge in [-0.3, -0.25) is 0 Å². The highest BCUT2D eigenvalue weighted by Crippen LogP contribution is 2.23. The van der Waals surface area contributed by atoms with Gasteiger partial charge in [0.2, 0.25) is 11.7 Å². The Morgan fingerprint density at radius 1 is 1.35 bits per heavy atom. The van der Waals surface area contributed by atoms with Crippen molar-refractivity contribution in [3.05, 3.63) is 35.5 Å². The van der Waals surface area contributed by atoms with Crippen LogP contribution in [0.15, 0.2) is 22.7 Å². The van der Waals surface area contributed by atoms with Gasteiger partial charge in [-0.25, -0.2) is 4.39 Å². The molecule has 1 N–H and O–H groups in total. The Morgan fingerprint density at radius 3 is 2.65 bits per heavy atom. The molecule has 2 aromatic rings. The average Bonchev–Trinajstić information content (AvgIpc) is 2.80. The van der Waals surface area contributed by atoms with Crippen LogP contribution in [0.4, 0.5) is 4.39 Å². The molecule has 1 atom stereocenters. The summed E-state index contributed by atoms with van der Waals surface area (Å²) >= 11 is 0. The maximum atomic E-state index is 13.5. The van der Waals surface area contributed by atoms with Gasteiger partial charge in [0.15, 0.2) is 0 Å². The van der Waals surface area contributed by atoms with Crippen molar-refractivity contribution in [2.75, 3.05) is 0 Å². The van der Waals surface area contributed by atoms with E-state index in [9.17, 15) is 9.50 Å². The monoisotopic (exact) mass is 278 g/mol. The fourth-order valence-electron chi connectivity index (χ4n) is 1.66. The van der Waals surface area contributed by atoms with E-state index in [1.807, 2.05) is 20.8 Å². The van der Waals surface area contributed by atoms with Gasteiger partial charge in [-0.2, -0.15) is 4.98 Å². The first-order valence-electron chi connectivity index (χ1n) is 6.54. The number of hydrogen-bond donors (Lipinski definition) is 1. The van der Waals surface area contributed by atoms with E-state index in [0.29, 0.717) is 22.8 Å². The summed E-state index contributed by atoms with van der Waals surface area (Å²) < 4.78 is 18.6. The largest absolute Gasteiger partial charge is 0.392 e. The lowest BCUT2D eigenvalue weighted by Gasteiger charge is -2.24. The number of hydrogen-bond acceptors (Lipinski definition) is 4. The molecule has 0 fully saturated rings. The first-order chi connectivity index (χ1) is 9.27. The molecule has 0 amide bonds. The first kappa shape index (κ1) is 14.7. The molecular formula is C15H19FN2O2. The molecule has 0 saturated carbocycles. The molecule has 0 saturated heterocycles. The summed E-state index contributed by atoms with van der Waals surface area (Å²) in [6, 6.07) is 4.79. The lowest BCUT2D eigenvalue weighted by Crippen LogP contribution is -2.28. The standard InChI is InChI=1S/C15H19FN2O2/c1-9-5-6-10(7-11(9)16)14-17-13(20-18-14)8-12(19)15(2,3)4/h5-7,12,19H,8H2,1-4H3. The molecule has 20 heavy (non-hydrogen) atoms. The van der Waals surface area contributed by atoms with Crippen molar-refractivity contribution in [2.45, 2.75) is 40.2 Å².